The minimum Gasteiger partial charge on any atom is -0.379 e. The van der Waals surface area contributed by atoms with E-state index in [2.05, 4.69) is 16.3 Å². The van der Waals surface area contributed by atoms with Crippen LogP contribution in [0.4, 0.5) is 5.69 Å². The molecule has 0 radical (unpaired) electrons. The van der Waals surface area contributed by atoms with Crippen molar-refractivity contribution in [3.8, 4) is 0 Å². The van der Waals surface area contributed by atoms with Crippen LogP contribution in [0, 0.1) is 0 Å². The maximum absolute atomic E-state index is 10.3. The zero-order chi connectivity index (χ0) is 11.2. The number of rotatable bonds is 4. The molecule has 16 heavy (non-hydrogen) atoms. The largest absolute Gasteiger partial charge is 0.379 e. The summed E-state index contributed by atoms with van der Waals surface area (Å²) in [4.78, 5) is 12.7. The molecule has 0 atom stereocenters. The summed E-state index contributed by atoms with van der Waals surface area (Å²) in [5, 5.41) is 2.66. The van der Waals surface area contributed by atoms with Gasteiger partial charge in [-0.15, -0.1) is 0 Å². The number of nitrogens with zero attached hydrogens (tertiary/aromatic N) is 1. The fraction of sp³-hybridized carbons (Fsp3) is 0.417. The molecule has 1 aliphatic heterocycles. The monoisotopic (exact) mass is 220 g/mol. The molecule has 1 fully saturated rings. The van der Waals surface area contributed by atoms with Gasteiger partial charge in [-0.25, -0.2) is 0 Å². The van der Waals surface area contributed by atoms with Crippen LogP contribution in [0.25, 0.3) is 0 Å². The maximum Gasteiger partial charge on any atom is 0.211 e. The number of hydrogen-bond acceptors (Lipinski definition) is 3. The van der Waals surface area contributed by atoms with Crippen molar-refractivity contribution in [2.24, 2.45) is 0 Å². The first kappa shape index (κ1) is 11.1. The number of ether oxygens (including phenoxy) is 1. The van der Waals surface area contributed by atoms with Crippen LogP contribution in [0.1, 0.15) is 5.56 Å². The van der Waals surface area contributed by atoms with Gasteiger partial charge in [0, 0.05) is 25.3 Å². The van der Waals surface area contributed by atoms with Crippen LogP contribution in [0.3, 0.4) is 0 Å². The fourth-order valence-electron chi connectivity index (χ4n) is 1.84. The third-order valence-electron chi connectivity index (χ3n) is 2.66. The van der Waals surface area contributed by atoms with E-state index < -0.39 is 0 Å². The Morgan fingerprint density at radius 1 is 1.38 bits per heavy atom. The summed E-state index contributed by atoms with van der Waals surface area (Å²) in [7, 11) is 0. The second-order valence-corrected chi connectivity index (χ2v) is 3.85. The normalized spacial score (nSPS) is 17.0. The van der Waals surface area contributed by atoms with E-state index in [0.29, 0.717) is 6.41 Å². The first-order valence-corrected chi connectivity index (χ1v) is 5.48. The molecule has 0 aliphatic carbocycles. The predicted octanol–water partition coefficient (Wildman–Crippen LogP) is 1.09. The summed E-state index contributed by atoms with van der Waals surface area (Å²) in [5.74, 6) is 0. The van der Waals surface area contributed by atoms with Crippen LogP contribution in [-0.2, 0) is 16.1 Å². The van der Waals surface area contributed by atoms with Crippen molar-refractivity contribution in [2.45, 2.75) is 6.54 Å². The summed E-state index contributed by atoms with van der Waals surface area (Å²) in [6.45, 7) is 4.49. The van der Waals surface area contributed by atoms with Crippen LogP contribution in [0.2, 0.25) is 0 Å². The number of carbonyl (C=O) groups excluding carboxylic acids is 1. The summed E-state index contributed by atoms with van der Waals surface area (Å²) in [5.41, 5.74) is 2.06. The first-order chi connectivity index (χ1) is 7.88. The van der Waals surface area contributed by atoms with Crippen molar-refractivity contribution in [2.75, 3.05) is 31.6 Å². The van der Waals surface area contributed by atoms with E-state index in [0.717, 1.165) is 38.5 Å². The summed E-state index contributed by atoms with van der Waals surface area (Å²) < 4.78 is 5.30. The maximum atomic E-state index is 10.3. The smallest absolute Gasteiger partial charge is 0.211 e. The number of hydrogen-bond donors (Lipinski definition) is 1. The molecule has 0 saturated carbocycles. The second kappa shape index (κ2) is 5.63. The zero-order valence-corrected chi connectivity index (χ0v) is 9.19. The van der Waals surface area contributed by atoms with E-state index in [1.807, 2.05) is 18.2 Å². The number of amides is 1. The molecule has 1 amide bonds. The molecule has 0 spiro atoms. The van der Waals surface area contributed by atoms with E-state index in [-0.39, 0.29) is 0 Å². The summed E-state index contributed by atoms with van der Waals surface area (Å²) >= 11 is 0. The van der Waals surface area contributed by atoms with Gasteiger partial charge in [-0.05, 0) is 17.7 Å². The lowest BCUT2D eigenvalue weighted by Crippen LogP contribution is -2.35. The van der Waals surface area contributed by atoms with Gasteiger partial charge in [0.15, 0.2) is 0 Å². The highest BCUT2D eigenvalue weighted by Crippen LogP contribution is 2.12. The molecule has 1 saturated heterocycles. The van der Waals surface area contributed by atoms with Crippen LogP contribution in [-0.4, -0.2) is 37.6 Å². The highest BCUT2D eigenvalue weighted by molar-refractivity contribution is 5.71. The average Bonchev–Trinajstić information content (AvgIpc) is 2.31. The molecular formula is C12H16N2O2. The van der Waals surface area contributed by atoms with Crippen molar-refractivity contribution in [3.05, 3.63) is 29.8 Å². The van der Waals surface area contributed by atoms with Gasteiger partial charge in [-0.2, -0.15) is 0 Å². The Kier molecular flexibility index (Phi) is 3.91. The van der Waals surface area contributed by atoms with E-state index >= 15 is 0 Å². The van der Waals surface area contributed by atoms with Gasteiger partial charge in [0.25, 0.3) is 0 Å². The second-order valence-electron chi connectivity index (χ2n) is 3.85. The number of nitrogens with one attached hydrogen (secondary N) is 1. The van der Waals surface area contributed by atoms with Gasteiger partial charge in [0.1, 0.15) is 0 Å². The highest BCUT2D eigenvalue weighted by Gasteiger charge is 2.10. The molecule has 0 bridgehead atoms. The molecule has 2 rings (SSSR count). The molecule has 86 valence electrons. The Labute approximate surface area is 95.2 Å². The molecule has 0 unspecified atom stereocenters. The van der Waals surface area contributed by atoms with Gasteiger partial charge >= 0.3 is 0 Å². The van der Waals surface area contributed by atoms with E-state index in [4.69, 9.17) is 4.74 Å². The van der Waals surface area contributed by atoms with Crippen molar-refractivity contribution in [3.63, 3.8) is 0 Å². The van der Waals surface area contributed by atoms with Crippen molar-refractivity contribution >= 4 is 12.1 Å². The molecule has 1 N–H and O–H groups in total. The Bertz CT molecular complexity index is 349. The Morgan fingerprint density at radius 2 is 2.19 bits per heavy atom. The third-order valence-corrected chi connectivity index (χ3v) is 2.66. The van der Waals surface area contributed by atoms with E-state index in [1.54, 1.807) is 0 Å². The number of anilines is 1. The van der Waals surface area contributed by atoms with Gasteiger partial charge in [-0.1, -0.05) is 12.1 Å². The summed E-state index contributed by atoms with van der Waals surface area (Å²) in [6.07, 6.45) is 0.702. The molecular weight excluding hydrogens is 204 g/mol. The number of carbonyl (C=O) groups is 1. The fourth-order valence-corrected chi connectivity index (χ4v) is 1.84. The first-order valence-electron chi connectivity index (χ1n) is 5.48. The van der Waals surface area contributed by atoms with Gasteiger partial charge in [0.2, 0.25) is 6.41 Å². The van der Waals surface area contributed by atoms with Crippen molar-refractivity contribution in [1.82, 2.24) is 4.90 Å². The average molecular weight is 220 g/mol. The topological polar surface area (TPSA) is 41.6 Å². The van der Waals surface area contributed by atoms with Crippen molar-refractivity contribution in [1.29, 1.82) is 0 Å². The molecule has 1 heterocycles. The third kappa shape index (κ3) is 3.05. The van der Waals surface area contributed by atoms with E-state index in [1.165, 1.54) is 5.56 Å². The van der Waals surface area contributed by atoms with Crippen LogP contribution in [0.15, 0.2) is 24.3 Å². The molecule has 1 aromatic rings. The molecule has 1 aliphatic rings. The van der Waals surface area contributed by atoms with Gasteiger partial charge in [0.05, 0.1) is 13.2 Å². The van der Waals surface area contributed by atoms with E-state index in [9.17, 15) is 4.79 Å². The minimum atomic E-state index is 0.702. The van der Waals surface area contributed by atoms with Gasteiger partial charge in [-0.3, -0.25) is 9.69 Å². The highest BCUT2D eigenvalue weighted by atomic mass is 16.5. The van der Waals surface area contributed by atoms with Gasteiger partial charge < -0.3 is 10.1 Å². The Balaban J connectivity index is 1.97. The van der Waals surface area contributed by atoms with Crippen LogP contribution < -0.4 is 5.32 Å². The number of benzene rings is 1. The Hall–Kier alpha value is -1.39. The Morgan fingerprint density at radius 3 is 2.94 bits per heavy atom. The molecule has 1 aromatic carbocycles. The zero-order valence-electron chi connectivity index (χ0n) is 9.19. The summed E-state index contributed by atoms with van der Waals surface area (Å²) in [6, 6.07) is 7.92. The lowest BCUT2D eigenvalue weighted by molar-refractivity contribution is -0.105. The lowest BCUT2D eigenvalue weighted by Gasteiger charge is -2.26. The quantitative estimate of drug-likeness (QED) is 0.772. The predicted molar refractivity (Wildman–Crippen MR) is 62.2 cm³/mol. The van der Waals surface area contributed by atoms with Crippen LogP contribution >= 0.6 is 0 Å². The minimum absolute atomic E-state index is 0.702. The van der Waals surface area contributed by atoms with Crippen LogP contribution in [0.5, 0.6) is 0 Å². The molecule has 4 heteroatoms. The standard InChI is InChI=1S/C12H16N2O2/c15-10-13-12-3-1-2-11(8-12)9-14-4-6-16-7-5-14/h1-3,8,10H,4-7,9H2,(H,13,15). The van der Waals surface area contributed by atoms with Crippen molar-refractivity contribution < 1.29 is 9.53 Å². The lowest BCUT2D eigenvalue weighted by atomic mass is 10.2. The molecule has 0 aromatic heterocycles. The molecule has 4 nitrogen and oxygen atoms in total. The SMILES string of the molecule is O=CNc1cccc(CN2CCOCC2)c1. The number of morpholine rings is 1.